The highest BCUT2D eigenvalue weighted by atomic mass is 19.1. The normalized spacial score (nSPS) is 10.8. The Hall–Kier alpha value is -3.80. The molecule has 0 spiro atoms. The lowest BCUT2D eigenvalue weighted by Gasteiger charge is -2.20. The van der Waals surface area contributed by atoms with Gasteiger partial charge in [0, 0.05) is 42.3 Å². The van der Waals surface area contributed by atoms with Crippen molar-refractivity contribution in [1.82, 2.24) is 15.0 Å². The zero-order valence-electron chi connectivity index (χ0n) is 17.3. The van der Waals surface area contributed by atoms with Crippen LogP contribution in [0.15, 0.2) is 79.4 Å². The van der Waals surface area contributed by atoms with E-state index in [-0.39, 0.29) is 11.7 Å². The highest BCUT2D eigenvalue weighted by Crippen LogP contribution is 2.36. The molecule has 0 saturated heterocycles. The van der Waals surface area contributed by atoms with Crippen LogP contribution in [0.4, 0.5) is 4.39 Å². The second kappa shape index (κ2) is 9.34. The molecule has 0 N–H and O–H groups in total. The Kier molecular flexibility index (Phi) is 6.17. The molecular weight excluding hydrogens is 393 g/mol. The molecule has 0 aliphatic heterocycles. The lowest BCUT2D eigenvalue weighted by Crippen LogP contribution is -2.07. The topological polar surface area (TPSA) is 57.1 Å². The van der Waals surface area contributed by atoms with Crippen molar-refractivity contribution in [3.63, 3.8) is 0 Å². The van der Waals surface area contributed by atoms with Crippen molar-refractivity contribution in [2.24, 2.45) is 0 Å². The number of nitrogens with zero attached hydrogens (tertiary/aromatic N) is 3. The number of hydrogen-bond donors (Lipinski definition) is 0. The molecule has 0 amide bonds. The van der Waals surface area contributed by atoms with Crippen molar-refractivity contribution in [2.75, 3.05) is 14.2 Å². The molecule has 4 aromatic rings. The molecule has 1 aromatic carbocycles. The number of halogens is 1. The second-order valence-corrected chi connectivity index (χ2v) is 7.04. The SMILES string of the molecule is COc1ccc(-c2cc(F)ccc2CC(c2cccnc2)c2cccnc2)c(OC)n1. The fraction of sp³-hybridized carbons (Fsp3) is 0.160. The van der Waals surface area contributed by atoms with E-state index in [1.165, 1.54) is 12.1 Å². The van der Waals surface area contributed by atoms with E-state index in [9.17, 15) is 4.39 Å². The van der Waals surface area contributed by atoms with Gasteiger partial charge in [-0.2, -0.15) is 4.98 Å². The van der Waals surface area contributed by atoms with Gasteiger partial charge in [0.1, 0.15) is 5.82 Å². The molecule has 0 fully saturated rings. The minimum atomic E-state index is -0.323. The molecule has 0 radical (unpaired) electrons. The van der Waals surface area contributed by atoms with Crippen LogP contribution in [0.3, 0.4) is 0 Å². The zero-order chi connectivity index (χ0) is 21.6. The van der Waals surface area contributed by atoms with E-state index >= 15 is 0 Å². The molecule has 3 aromatic heterocycles. The Labute approximate surface area is 180 Å². The van der Waals surface area contributed by atoms with Crippen LogP contribution in [0.5, 0.6) is 11.8 Å². The molecular formula is C25H22FN3O2. The van der Waals surface area contributed by atoms with Gasteiger partial charge < -0.3 is 9.47 Å². The maximum atomic E-state index is 14.3. The Morgan fingerprint density at radius 3 is 2.13 bits per heavy atom. The molecule has 0 aliphatic rings. The Balaban J connectivity index is 1.81. The van der Waals surface area contributed by atoms with E-state index in [0.29, 0.717) is 23.7 Å². The minimum Gasteiger partial charge on any atom is -0.481 e. The number of benzene rings is 1. The monoisotopic (exact) mass is 415 g/mol. The molecule has 31 heavy (non-hydrogen) atoms. The van der Waals surface area contributed by atoms with Crippen molar-refractivity contribution in [3.8, 4) is 22.9 Å². The molecule has 156 valence electrons. The average molecular weight is 415 g/mol. The lowest BCUT2D eigenvalue weighted by atomic mass is 9.85. The number of hydrogen-bond acceptors (Lipinski definition) is 5. The maximum absolute atomic E-state index is 14.3. The molecule has 0 atom stereocenters. The van der Waals surface area contributed by atoms with Gasteiger partial charge in [-0.1, -0.05) is 18.2 Å². The van der Waals surface area contributed by atoms with E-state index in [4.69, 9.17) is 9.47 Å². The maximum Gasteiger partial charge on any atom is 0.224 e. The molecule has 4 rings (SSSR count). The number of ether oxygens (including phenoxy) is 2. The zero-order valence-corrected chi connectivity index (χ0v) is 17.3. The van der Waals surface area contributed by atoms with Gasteiger partial charge >= 0.3 is 0 Å². The van der Waals surface area contributed by atoms with Crippen LogP contribution in [-0.2, 0) is 6.42 Å². The van der Waals surface area contributed by atoms with Crippen LogP contribution in [0.25, 0.3) is 11.1 Å². The third-order valence-corrected chi connectivity index (χ3v) is 5.20. The van der Waals surface area contributed by atoms with Crippen molar-refractivity contribution in [2.45, 2.75) is 12.3 Å². The largest absolute Gasteiger partial charge is 0.481 e. The first kappa shape index (κ1) is 20.5. The molecule has 0 unspecified atom stereocenters. The highest BCUT2D eigenvalue weighted by molar-refractivity contribution is 5.72. The summed E-state index contributed by atoms with van der Waals surface area (Å²) in [6, 6.07) is 16.3. The summed E-state index contributed by atoms with van der Waals surface area (Å²) in [4.78, 5) is 12.9. The minimum absolute atomic E-state index is 0.00353. The second-order valence-electron chi connectivity index (χ2n) is 7.04. The predicted octanol–water partition coefficient (Wildman–Crippen LogP) is 5.07. The molecule has 0 saturated carbocycles. The summed E-state index contributed by atoms with van der Waals surface area (Å²) < 4.78 is 25.0. The van der Waals surface area contributed by atoms with E-state index < -0.39 is 0 Å². The van der Waals surface area contributed by atoms with Crippen molar-refractivity contribution >= 4 is 0 Å². The van der Waals surface area contributed by atoms with Gasteiger partial charge in [0.2, 0.25) is 11.8 Å². The van der Waals surface area contributed by atoms with Crippen molar-refractivity contribution in [1.29, 1.82) is 0 Å². The smallest absolute Gasteiger partial charge is 0.224 e. The summed E-state index contributed by atoms with van der Waals surface area (Å²) in [5.74, 6) is 0.493. The van der Waals surface area contributed by atoms with Gasteiger partial charge in [-0.05, 0) is 59.0 Å². The molecule has 0 aliphatic carbocycles. The van der Waals surface area contributed by atoms with Gasteiger partial charge in [-0.15, -0.1) is 0 Å². The Morgan fingerprint density at radius 1 is 0.839 bits per heavy atom. The van der Waals surface area contributed by atoms with Crippen LogP contribution in [-0.4, -0.2) is 29.2 Å². The van der Waals surface area contributed by atoms with Crippen LogP contribution in [0, 0.1) is 5.82 Å². The van der Waals surface area contributed by atoms with Crippen molar-refractivity contribution in [3.05, 3.63) is 102 Å². The number of rotatable bonds is 7. The number of pyridine rings is 3. The van der Waals surface area contributed by atoms with Gasteiger partial charge in [-0.25, -0.2) is 4.39 Å². The predicted molar refractivity (Wildman–Crippen MR) is 117 cm³/mol. The first-order valence-electron chi connectivity index (χ1n) is 9.87. The lowest BCUT2D eigenvalue weighted by molar-refractivity contribution is 0.366. The average Bonchev–Trinajstić information content (AvgIpc) is 2.84. The standard InChI is InChI=1S/C25H22FN3O2/c1-30-24-10-9-21(25(29-24)31-2)23-14-20(26)8-7-17(23)13-22(18-5-3-11-27-15-18)19-6-4-12-28-16-19/h3-12,14-16,22H,13H2,1-2H3. The molecule has 3 heterocycles. The van der Waals surface area contributed by atoms with Crippen LogP contribution in [0.1, 0.15) is 22.6 Å². The summed E-state index contributed by atoms with van der Waals surface area (Å²) in [5.41, 5.74) is 4.51. The van der Waals surface area contributed by atoms with Gasteiger partial charge in [0.15, 0.2) is 0 Å². The summed E-state index contributed by atoms with van der Waals surface area (Å²) in [5, 5.41) is 0. The summed E-state index contributed by atoms with van der Waals surface area (Å²) in [6.45, 7) is 0. The van der Waals surface area contributed by atoms with Crippen molar-refractivity contribution < 1.29 is 13.9 Å². The quantitative estimate of drug-likeness (QED) is 0.422. The number of methoxy groups -OCH3 is 2. The third-order valence-electron chi connectivity index (χ3n) is 5.20. The van der Waals surface area contributed by atoms with Crippen LogP contribution < -0.4 is 9.47 Å². The first-order chi connectivity index (χ1) is 15.2. The highest BCUT2D eigenvalue weighted by Gasteiger charge is 2.20. The summed E-state index contributed by atoms with van der Waals surface area (Å²) in [6.07, 6.45) is 7.84. The van der Waals surface area contributed by atoms with Gasteiger partial charge in [-0.3, -0.25) is 9.97 Å². The van der Waals surface area contributed by atoms with Crippen LogP contribution >= 0.6 is 0 Å². The van der Waals surface area contributed by atoms with Gasteiger partial charge in [0.25, 0.3) is 0 Å². The fourth-order valence-corrected chi connectivity index (χ4v) is 3.69. The van der Waals surface area contributed by atoms with Crippen LogP contribution in [0.2, 0.25) is 0 Å². The third kappa shape index (κ3) is 4.53. The first-order valence-corrected chi connectivity index (χ1v) is 9.87. The number of aromatic nitrogens is 3. The van der Waals surface area contributed by atoms with E-state index in [0.717, 1.165) is 22.3 Å². The Morgan fingerprint density at radius 2 is 1.55 bits per heavy atom. The fourth-order valence-electron chi connectivity index (χ4n) is 3.69. The van der Waals surface area contributed by atoms with E-state index in [1.54, 1.807) is 32.7 Å². The van der Waals surface area contributed by atoms with Gasteiger partial charge in [0.05, 0.1) is 14.2 Å². The Bertz CT molecular complexity index is 1110. The van der Waals surface area contributed by atoms with E-state index in [1.807, 2.05) is 48.8 Å². The molecule has 0 bridgehead atoms. The molecule has 6 heteroatoms. The molecule has 5 nitrogen and oxygen atoms in total. The summed E-state index contributed by atoms with van der Waals surface area (Å²) in [7, 11) is 3.08. The summed E-state index contributed by atoms with van der Waals surface area (Å²) >= 11 is 0. The van der Waals surface area contributed by atoms with E-state index in [2.05, 4.69) is 15.0 Å².